The summed E-state index contributed by atoms with van der Waals surface area (Å²) in [5, 5.41) is 12.3. The summed E-state index contributed by atoms with van der Waals surface area (Å²) in [5.41, 5.74) is 2.04. The second kappa shape index (κ2) is 4.98. The van der Waals surface area contributed by atoms with E-state index in [1.54, 1.807) is 19.2 Å². The van der Waals surface area contributed by atoms with Gasteiger partial charge in [-0.1, -0.05) is 0 Å². The van der Waals surface area contributed by atoms with Crippen LogP contribution in [-0.4, -0.2) is 30.3 Å². The number of benzene rings is 1. The van der Waals surface area contributed by atoms with Gasteiger partial charge in [0.1, 0.15) is 0 Å². The number of rotatable bonds is 5. The molecule has 1 aromatic rings. The van der Waals surface area contributed by atoms with E-state index in [9.17, 15) is 4.79 Å². The molecule has 0 spiro atoms. The van der Waals surface area contributed by atoms with Crippen LogP contribution in [-0.2, 0) is 4.74 Å². The van der Waals surface area contributed by atoms with E-state index in [1.807, 2.05) is 13.0 Å². The van der Waals surface area contributed by atoms with Crippen LogP contribution >= 0.6 is 0 Å². The number of hydrogen-bond acceptors (Lipinski definition) is 3. The van der Waals surface area contributed by atoms with E-state index in [1.165, 1.54) is 6.42 Å². The molecule has 0 amide bonds. The van der Waals surface area contributed by atoms with Gasteiger partial charge in [-0.05, 0) is 49.9 Å². The summed E-state index contributed by atoms with van der Waals surface area (Å²) in [6, 6.07) is 5.31. The van der Waals surface area contributed by atoms with Crippen molar-refractivity contribution in [1.82, 2.24) is 0 Å². The first-order chi connectivity index (χ1) is 8.56. The fraction of sp³-hybridized carbons (Fsp3) is 0.500. The molecule has 2 N–H and O–H groups in total. The van der Waals surface area contributed by atoms with Gasteiger partial charge in [-0.25, -0.2) is 4.79 Å². The molecule has 0 radical (unpaired) electrons. The van der Waals surface area contributed by atoms with Gasteiger partial charge in [-0.2, -0.15) is 0 Å². The third kappa shape index (κ3) is 2.48. The van der Waals surface area contributed by atoms with E-state index >= 15 is 0 Å². The molecular formula is C14H19NO3. The normalized spacial score (nSPS) is 17.0. The van der Waals surface area contributed by atoms with Gasteiger partial charge in [0.05, 0.1) is 11.2 Å². The molecule has 2 rings (SSSR count). The zero-order chi connectivity index (χ0) is 13.2. The number of nitrogens with one attached hydrogen (secondary N) is 1. The van der Waals surface area contributed by atoms with Crippen LogP contribution in [0.4, 0.5) is 5.69 Å². The van der Waals surface area contributed by atoms with Crippen molar-refractivity contribution in [2.75, 3.05) is 19.0 Å². The van der Waals surface area contributed by atoms with E-state index in [4.69, 9.17) is 9.84 Å². The fourth-order valence-corrected chi connectivity index (χ4v) is 2.30. The summed E-state index contributed by atoms with van der Waals surface area (Å²) < 4.78 is 5.53. The Morgan fingerprint density at radius 2 is 2.22 bits per heavy atom. The summed E-state index contributed by atoms with van der Waals surface area (Å²) >= 11 is 0. The number of carboxylic acids is 1. The maximum absolute atomic E-state index is 10.9. The van der Waals surface area contributed by atoms with E-state index in [-0.39, 0.29) is 5.60 Å². The van der Waals surface area contributed by atoms with Crippen LogP contribution in [0.1, 0.15) is 35.2 Å². The molecule has 18 heavy (non-hydrogen) atoms. The summed E-state index contributed by atoms with van der Waals surface area (Å²) in [6.45, 7) is 2.58. The highest BCUT2D eigenvalue weighted by atomic mass is 16.5. The van der Waals surface area contributed by atoms with Crippen LogP contribution in [0.15, 0.2) is 18.2 Å². The standard InChI is InChI=1S/C14H19NO3/c1-10-8-11(4-5-12(10)13(16)17)15-9-14(18-2)6-3-7-14/h4-5,8,15H,3,6-7,9H2,1-2H3,(H,16,17). The van der Waals surface area contributed by atoms with Crippen molar-refractivity contribution >= 4 is 11.7 Å². The Hall–Kier alpha value is -1.55. The van der Waals surface area contributed by atoms with Crippen LogP contribution in [0.2, 0.25) is 0 Å². The van der Waals surface area contributed by atoms with Crippen molar-refractivity contribution in [2.24, 2.45) is 0 Å². The molecule has 0 aromatic heterocycles. The Bertz CT molecular complexity index is 447. The molecule has 1 aromatic carbocycles. The van der Waals surface area contributed by atoms with Crippen LogP contribution in [0.5, 0.6) is 0 Å². The van der Waals surface area contributed by atoms with Crippen molar-refractivity contribution in [3.05, 3.63) is 29.3 Å². The molecule has 0 heterocycles. The smallest absolute Gasteiger partial charge is 0.335 e. The predicted molar refractivity (Wildman–Crippen MR) is 70.2 cm³/mol. The molecule has 1 fully saturated rings. The predicted octanol–water partition coefficient (Wildman–Crippen LogP) is 2.67. The zero-order valence-electron chi connectivity index (χ0n) is 10.8. The maximum atomic E-state index is 10.9. The summed E-state index contributed by atoms with van der Waals surface area (Å²) in [4.78, 5) is 10.9. The Kier molecular flexibility index (Phi) is 3.57. The minimum atomic E-state index is -0.883. The topological polar surface area (TPSA) is 58.6 Å². The molecule has 0 saturated heterocycles. The number of carboxylic acid groups (broad SMARTS) is 1. The molecule has 1 aliphatic carbocycles. The lowest BCUT2D eigenvalue weighted by Crippen LogP contribution is -2.45. The van der Waals surface area contributed by atoms with Crippen LogP contribution < -0.4 is 5.32 Å². The Labute approximate surface area is 107 Å². The Morgan fingerprint density at radius 3 is 2.67 bits per heavy atom. The third-order valence-corrected chi connectivity index (χ3v) is 3.77. The number of aryl methyl sites for hydroxylation is 1. The van der Waals surface area contributed by atoms with Crippen LogP contribution in [0, 0.1) is 6.92 Å². The van der Waals surface area contributed by atoms with Gasteiger partial charge in [0.15, 0.2) is 0 Å². The van der Waals surface area contributed by atoms with Gasteiger partial charge >= 0.3 is 5.97 Å². The zero-order valence-corrected chi connectivity index (χ0v) is 10.8. The van der Waals surface area contributed by atoms with Crippen molar-refractivity contribution < 1.29 is 14.6 Å². The van der Waals surface area contributed by atoms with Crippen molar-refractivity contribution in [3.8, 4) is 0 Å². The lowest BCUT2D eigenvalue weighted by molar-refractivity contribution is -0.0601. The van der Waals surface area contributed by atoms with E-state index in [0.717, 1.165) is 30.6 Å². The quantitative estimate of drug-likeness (QED) is 0.842. The number of carbonyl (C=O) groups is 1. The first-order valence-corrected chi connectivity index (χ1v) is 6.19. The average molecular weight is 249 g/mol. The van der Waals surface area contributed by atoms with E-state index < -0.39 is 5.97 Å². The van der Waals surface area contributed by atoms with Gasteiger partial charge in [0.2, 0.25) is 0 Å². The molecule has 4 heteroatoms. The first kappa shape index (κ1) is 12.9. The van der Waals surface area contributed by atoms with Crippen LogP contribution in [0.25, 0.3) is 0 Å². The number of aromatic carboxylic acids is 1. The van der Waals surface area contributed by atoms with Crippen molar-refractivity contribution in [3.63, 3.8) is 0 Å². The number of methoxy groups -OCH3 is 1. The maximum Gasteiger partial charge on any atom is 0.335 e. The van der Waals surface area contributed by atoms with E-state index in [0.29, 0.717) is 5.56 Å². The largest absolute Gasteiger partial charge is 0.478 e. The van der Waals surface area contributed by atoms with Gasteiger partial charge < -0.3 is 15.2 Å². The van der Waals surface area contributed by atoms with Gasteiger partial charge in [-0.3, -0.25) is 0 Å². The molecule has 98 valence electrons. The molecule has 0 unspecified atom stereocenters. The minimum absolute atomic E-state index is 0.0284. The minimum Gasteiger partial charge on any atom is -0.478 e. The molecule has 1 aliphatic rings. The lowest BCUT2D eigenvalue weighted by atomic mass is 9.80. The molecule has 0 atom stereocenters. The summed E-state index contributed by atoms with van der Waals surface area (Å²) in [6.07, 6.45) is 3.39. The van der Waals surface area contributed by atoms with Crippen molar-refractivity contribution in [1.29, 1.82) is 0 Å². The molecule has 4 nitrogen and oxygen atoms in total. The van der Waals surface area contributed by atoms with Crippen LogP contribution in [0.3, 0.4) is 0 Å². The Balaban J connectivity index is 2.02. The number of ether oxygens (including phenoxy) is 1. The molecule has 0 aliphatic heterocycles. The Morgan fingerprint density at radius 1 is 1.50 bits per heavy atom. The first-order valence-electron chi connectivity index (χ1n) is 6.19. The second-order valence-corrected chi connectivity index (χ2v) is 4.93. The molecular weight excluding hydrogens is 230 g/mol. The summed E-state index contributed by atoms with van der Waals surface area (Å²) in [7, 11) is 1.75. The average Bonchev–Trinajstić information content (AvgIpc) is 2.27. The SMILES string of the molecule is COC1(CNc2ccc(C(=O)O)c(C)c2)CCC1. The van der Waals surface area contributed by atoms with Gasteiger partial charge in [0, 0.05) is 19.3 Å². The number of anilines is 1. The summed E-state index contributed by atoms with van der Waals surface area (Å²) in [5.74, 6) is -0.883. The highest BCUT2D eigenvalue weighted by molar-refractivity contribution is 5.89. The molecule has 0 bridgehead atoms. The highest BCUT2D eigenvalue weighted by Crippen LogP contribution is 2.35. The van der Waals surface area contributed by atoms with Gasteiger partial charge in [-0.15, -0.1) is 0 Å². The van der Waals surface area contributed by atoms with Gasteiger partial charge in [0.25, 0.3) is 0 Å². The lowest BCUT2D eigenvalue weighted by Gasteiger charge is -2.40. The second-order valence-electron chi connectivity index (χ2n) is 4.93. The van der Waals surface area contributed by atoms with Crippen molar-refractivity contribution in [2.45, 2.75) is 31.8 Å². The number of hydrogen-bond donors (Lipinski definition) is 2. The third-order valence-electron chi connectivity index (χ3n) is 3.77. The van der Waals surface area contributed by atoms with E-state index in [2.05, 4.69) is 5.32 Å². The fourth-order valence-electron chi connectivity index (χ4n) is 2.30. The molecule has 1 saturated carbocycles. The monoisotopic (exact) mass is 249 g/mol. The highest BCUT2D eigenvalue weighted by Gasteiger charge is 2.36.